The summed E-state index contributed by atoms with van der Waals surface area (Å²) in [5, 5.41) is 26.5. The van der Waals surface area contributed by atoms with Crippen molar-refractivity contribution in [3.8, 4) is 5.75 Å². The van der Waals surface area contributed by atoms with Crippen LogP contribution in [0.3, 0.4) is 0 Å². The molecule has 1 rings (SSSR count). The Morgan fingerprint density at radius 2 is 1.71 bits per heavy atom. The van der Waals surface area contributed by atoms with E-state index in [0.717, 1.165) is 6.07 Å². The van der Waals surface area contributed by atoms with Crippen LogP contribution in [0.15, 0.2) is 12.1 Å². The van der Waals surface area contributed by atoms with E-state index in [0.29, 0.717) is 0 Å². The Morgan fingerprint density at radius 3 is 2.14 bits per heavy atom. The molecule has 0 aliphatic carbocycles. The molecule has 0 amide bonds. The Hall–Kier alpha value is -2.04. The van der Waals surface area contributed by atoms with E-state index in [4.69, 9.17) is 15.3 Å². The van der Waals surface area contributed by atoms with Gasteiger partial charge in [0.25, 0.3) is 0 Å². The van der Waals surface area contributed by atoms with Gasteiger partial charge in [-0.15, -0.1) is 0 Å². The lowest BCUT2D eigenvalue weighted by Gasteiger charge is -2.05. The highest BCUT2D eigenvalue weighted by Gasteiger charge is 2.19. The summed E-state index contributed by atoms with van der Waals surface area (Å²) in [7, 11) is 0. The van der Waals surface area contributed by atoms with Crippen LogP contribution in [0.4, 0.5) is 0 Å². The van der Waals surface area contributed by atoms with Crippen molar-refractivity contribution in [2.24, 2.45) is 0 Å². The molecule has 0 bridgehead atoms. The van der Waals surface area contributed by atoms with Gasteiger partial charge in [0.05, 0.1) is 11.1 Å². The van der Waals surface area contributed by atoms with Crippen molar-refractivity contribution in [3.63, 3.8) is 0 Å². The van der Waals surface area contributed by atoms with E-state index in [1.807, 2.05) is 0 Å². The second-order valence-corrected chi connectivity index (χ2v) is 2.80. The van der Waals surface area contributed by atoms with E-state index >= 15 is 0 Å². The molecule has 0 spiro atoms. The summed E-state index contributed by atoms with van der Waals surface area (Å²) in [5.41, 5.74) is -0.486. The zero-order valence-corrected chi connectivity index (χ0v) is 7.31. The number of phenolic OH excluding ortho intramolecular Hbond substituents is 1. The number of hydrogen-bond acceptors (Lipinski definition) is 3. The lowest BCUT2D eigenvalue weighted by molar-refractivity contribution is 0.0650. The lowest BCUT2D eigenvalue weighted by Crippen LogP contribution is -2.09. The minimum atomic E-state index is -1.37. The van der Waals surface area contributed by atoms with Gasteiger partial charge in [0, 0.05) is 0 Å². The molecular formula is C9H8O5. The molecule has 0 fully saturated rings. The van der Waals surface area contributed by atoms with Crippen LogP contribution in [0.5, 0.6) is 5.75 Å². The number of phenols is 1. The van der Waals surface area contributed by atoms with Crippen molar-refractivity contribution < 1.29 is 24.9 Å². The molecular weight excluding hydrogens is 188 g/mol. The van der Waals surface area contributed by atoms with Gasteiger partial charge in [0.15, 0.2) is 0 Å². The third kappa shape index (κ3) is 1.66. The standard InChI is InChI=1S/C9H8O5/c1-4-2-5(10)3-6(8(11)12)7(4)9(13)14/h2-3,10H,1H3,(H,11,12)(H,13,14). The molecule has 0 aliphatic heterocycles. The average Bonchev–Trinajstić information content (AvgIpc) is 2.01. The van der Waals surface area contributed by atoms with Crippen LogP contribution in [0.2, 0.25) is 0 Å². The van der Waals surface area contributed by atoms with Gasteiger partial charge in [-0.05, 0) is 24.6 Å². The molecule has 0 heterocycles. The number of aromatic hydroxyl groups is 1. The first-order chi connectivity index (χ1) is 6.43. The van der Waals surface area contributed by atoms with Crippen LogP contribution >= 0.6 is 0 Å². The van der Waals surface area contributed by atoms with Crippen molar-refractivity contribution >= 4 is 11.9 Å². The maximum Gasteiger partial charge on any atom is 0.336 e. The fraction of sp³-hybridized carbons (Fsp3) is 0.111. The molecule has 0 unspecified atom stereocenters. The molecule has 1 aromatic rings. The molecule has 0 aliphatic rings. The van der Waals surface area contributed by atoms with E-state index in [1.165, 1.54) is 13.0 Å². The predicted octanol–water partition coefficient (Wildman–Crippen LogP) is 1.10. The highest BCUT2D eigenvalue weighted by molar-refractivity contribution is 6.03. The molecule has 3 N–H and O–H groups in total. The average molecular weight is 196 g/mol. The third-order valence-electron chi connectivity index (χ3n) is 1.76. The van der Waals surface area contributed by atoms with Gasteiger partial charge in [-0.2, -0.15) is 0 Å². The number of benzene rings is 1. The highest BCUT2D eigenvalue weighted by atomic mass is 16.4. The number of carboxylic acid groups (broad SMARTS) is 2. The van der Waals surface area contributed by atoms with Crippen LogP contribution in [0.1, 0.15) is 26.3 Å². The Kier molecular flexibility index (Phi) is 2.42. The summed E-state index contributed by atoms with van der Waals surface area (Å²) >= 11 is 0. The summed E-state index contributed by atoms with van der Waals surface area (Å²) in [6.45, 7) is 1.43. The molecule has 1 aromatic carbocycles. The van der Waals surface area contributed by atoms with Gasteiger partial charge in [0.1, 0.15) is 5.75 Å². The molecule has 0 saturated carbocycles. The van der Waals surface area contributed by atoms with E-state index in [1.54, 1.807) is 0 Å². The number of carbonyl (C=O) groups is 2. The largest absolute Gasteiger partial charge is 0.508 e. The first kappa shape index (κ1) is 10.0. The van der Waals surface area contributed by atoms with Gasteiger partial charge in [-0.25, -0.2) is 9.59 Å². The number of hydrogen-bond donors (Lipinski definition) is 3. The minimum absolute atomic E-state index is 0.218. The third-order valence-corrected chi connectivity index (χ3v) is 1.76. The van der Waals surface area contributed by atoms with Gasteiger partial charge < -0.3 is 15.3 Å². The first-order valence-electron chi connectivity index (χ1n) is 3.73. The summed E-state index contributed by atoms with van der Waals surface area (Å²) in [6.07, 6.45) is 0. The Bertz CT molecular complexity index is 408. The van der Waals surface area contributed by atoms with Gasteiger partial charge in [0.2, 0.25) is 0 Å². The van der Waals surface area contributed by atoms with Crippen LogP contribution in [0.25, 0.3) is 0 Å². The van der Waals surface area contributed by atoms with Crippen LogP contribution < -0.4 is 0 Å². The van der Waals surface area contributed by atoms with Crippen LogP contribution in [-0.4, -0.2) is 27.3 Å². The first-order valence-corrected chi connectivity index (χ1v) is 3.73. The van der Waals surface area contributed by atoms with Gasteiger partial charge >= 0.3 is 11.9 Å². The molecule has 74 valence electrons. The van der Waals surface area contributed by atoms with Crippen molar-refractivity contribution in [3.05, 3.63) is 28.8 Å². The summed E-state index contributed by atoms with van der Waals surface area (Å²) in [4.78, 5) is 21.4. The van der Waals surface area contributed by atoms with E-state index in [9.17, 15) is 9.59 Å². The molecule has 5 heteroatoms. The van der Waals surface area contributed by atoms with E-state index in [2.05, 4.69) is 0 Å². The molecule has 14 heavy (non-hydrogen) atoms. The molecule has 0 atom stereocenters. The highest BCUT2D eigenvalue weighted by Crippen LogP contribution is 2.21. The molecule has 0 aromatic heterocycles. The maximum atomic E-state index is 10.7. The Morgan fingerprint density at radius 1 is 1.14 bits per heavy atom. The Balaban J connectivity index is 3.52. The summed E-state index contributed by atoms with van der Waals surface area (Å²) in [6, 6.07) is 2.12. The van der Waals surface area contributed by atoms with Gasteiger partial charge in [-0.1, -0.05) is 0 Å². The monoisotopic (exact) mass is 196 g/mol. The fourth-order valence-corrected chi connectivity index (χ4v) is 1.22. The number of carboxylic acids is 2. The molecule has 0 radical (unpaired) electrons. The molecule has 5 nitrogen and oxygen atoms in total. The zero-order chi connectivity index (χ0) is 10.9. The smallest absolute Gasteiger partial charge is 0.336 e. The number of aryl methyl sites for hydroxylation is 1. The summed E-state index contributed by atoms with van der Waals surface area (Å²) < 4.78 is 0. The fourth-order valence-electron chi connectivity index (χ4n) is 1.22. The predicted molar refractivity (Wildman–Crippen MR) is 46.8 cm³/mol. The SMILES string of the molecule is Cc1cc(O)cc(C(=O)O)c1C(=O)O. The normalized spacial score (nSPS) is 9.79. The van der Waals surface area contributed by atoms with Crippen molar-refractivity contribution in [2.75, 3.05) is 0 Å². The van der Waals surface area contributed by atoms with Crippen molar-refractivity contribution in [2.45, 2.75) is 6.92 Å². The van der Waals surface area contributed by atoms with E-state index in [-0.39, 0.29) is 16.9 Å². The molecule has 0 saturated heterocycles. The van der Waals surface area contributed by atoms with Crippen molar-refractivity contribution in [1.82, 2.24) is 0 Å². The summed E-state index contributed by atoms with van der Waals surface area (Å²) in [5.74, 6) is -2.95. The maximum absolute atomic E-state index is 10.7. The number of aromatic carboxylic acids is 2. The minimum Gasteiger partial charge on any atom is -0.508 e. The second-order valence-electron chi connectivity index (χ2n) is 2.80. The van der Waals surface area contributed by atoms with Crippen LogP contribution in [0, 0.1) is 6.92 Å². The number of rotatable bonds is 2. The second kappa shape index (κ2) is 3.37. The lowest BCUT2D eigenvalue weighted by atomic mass is 10.0. The van der Waals surface area contributed by atoms with E-state index < -0.39 is 17.5 Å². The zero-order valence-electron chi connectivity index (χ0n) is 7.31. The van der Waals surface area contributed by atoms with Crippen LogP contribution in [-0.2, 0) is 0 Å². The topological polar surface area (TPSA) is 94.8 Å². The van der Waals surface area contributed by atoms with Crippen molar-refractivity contribution in [1.29, 1.82) is 0 Å². The van der Waals surface area contributed by atoms with Gasteiger partial charge in [-0.3, -0.25) is 0 Å². The quantitative estimate of drug-likeness (QED) is 0.658. The Labute approximate surface area is 79.2 Å².